The lowest BCUT2D eigenvalue weighted by molar-refractivity contribution is -0.133. The molecule has 0 N–H and O–H groups in total. The summed E-state index contributed by atoms with van der Waals surface area (Å²) >= 11 is 0. The van der Waals surface area contributed by atoms with Crippen molar-refractivity contribution in [3.8, 4) is 6.07 Å². The molecule has 2 saturated heterocycles. The first-order valence-electron chi connectivity index (χ1n) is 10.8. The van der Waals surface area contributed by atoms with Gasteiger partial charge >= 0.3 is 0 Å². The first-order valence-corrected chi connectivity index (χ1v) is 10.8. The van der Waals surface area contributed by atoms with Crippen LogP contribution in [0.2, 0.25) is 0 Å². The molecule has 4 heterocycles. The number of carbonyl (C=O) groups is 1. The minimum absolute atomic E-state index is 0.242. The van der Waals surface area contributed by atoms with Crippen LogP contribution in [0.15, 0.2) is 42.6 Å². The van der Waals surface area contributed by atoms with E-state index >= 15 is 0 Å². The van der Waals surface area contributed by atoms with E-state index in [2.05, 4.69) is 56.9 Å². The summed E-state index contributed by atoms with van der Waals surface area (Å²) < 4.78 is 0. The highest BCUT2D eigenvalue weighted by molar-refractivity contribution is 5.79. The van der Waals surface area contributed by atoms with Gasteiger partial charge in [-0.1, -0.05) is 31.2 Å². The predicted octanol–water partition coefficient (Wildman–Crippen LogP) is 2.44. The van der Waals surface area contributed by atoms with Crippen molar-refractivity contribution in [3.05, 3.63) is 59.3 Å². The Morgan fingerprint density at radius 2 is 2.03 bits per heavy atom. The first kappa shape index (κ1) is 19.1. The molecule has 2 unspecified atom stereocenters. The number of nitrogens with zero attached hydrogens (tertiary/aromatic N) is 5. The van der Waals surface area contributed by atoms with Crippen LogP contribution in [0.3, 0.4) is 0 Å². The second kappa shape index (κ2) is 7.73. The highest BCUT2D eigenvalue weighted by Gasteiger charge is 2.46. The molecule has 0 aliphatic carbocycles. The van der Waals surface area contributed by atoms with Gasteiger partial charge in [-0.05, 0) is 42.0 Å². The second-order valence-corrected chi connectivity index (χ2v) is 8.89. The van der Waals surface area contributed by atoms with Crippen LogP contribution in [-0.4, -0.2) is 59.0 Å². The Labute approximate surface area is 177 Å². The number of fused-ring (bicyclic) bond motifs is 3. The van der Waals surface area contributed by atoms with Crippen molar-refractivity contribution in [1.29, 1.82) is 5.26 Å². The van der Waals surface area contributed by atoms with Gasteiger partial charge in [0.15, 0.2) is 0 Å². The largest absolute Gasteiger partial charge is 0.347 e. The topological polar surface area (TPSA) is 63.5 Å². The number of carbonyl (C=O) groups excluding carboxylic acids is 1. The van der Waals surface area contributed by atoms with Crippen molar-refractivity contribution in [3.63, 3.8) is 0 Å². The Morgan fingerprint density at radius 3 is 2.77 bits per heavy atom. The molecule has 0 saturated carbocycles. The molecular formula is C24H27N5O. The summed E-state index contributed by atoms with van der Waals surface area (Å²) in [6.07, 6.45) is 3.74. The van der Waals surface area contributed by atoms with Gasteiger partial charge in [-0.25, -0.2) is 4.98 Å². The molecule has 3 aliphatic rings. The third-order valence-electron chi connectivity index (χ3n) is 6.95. The summed E-state index contributed by atoms with van der Waals surface area (Å²) in [6.45, 7) is 6.09. The summed E-state index contributed by atoms with van der Waals surface area (Å²) in [7, 11) is 0. The molecule has 6 heteroatoms. The Hall–Kier alpha value is -2.91. The van der Waals surface area contributed by atoms with Crippen molar-refractivity contribution >= 4 is 11.7 Å². The van der Waals surface area contributed by atoms with Crippen LogP contribution < -0.4 is 4.90 Å². The Bertz CT molecular complexity index is 982. The van der Waals surface area contributed by atoms with E-state index in [4.69, 9.17) is 5.26 Å². The highest BCUT2D eigenvalue weighted by Crippen LogP contribution is 2.37. The number of amides is 1. The van der Waals surface area contributed by atoms with Gasteiger partial charge in [0.25, 0.3) is 0 Å². The number of hydrogen-bond acceptors (Lipinski definition) is 5. The maximum Gasteiger partial charge on any atom is 0.236 e. The Morgan fingerprint density at radius 1 is 1.20 bits per heavy atom. The van der Waals surface area contributed by atoms with Crippen LogP contribution in [0, 0.1) is 17.2 Å². The van der Waals surface area contributed by atoms with Gasteiger partial charge in [0.05, 0.1) is 18.2 Å². The van der Waals surface area contributed by atoms with Crippen molar-refractivity contribution in [2.45, 2.75) is 38.4 Å². The van der Waals surface area contributed by atoms with Gasteiger partial charge in [-0.2, -0.15) is 5.26 Å². The zero-order valence-corrected chi connectivity index (χ0v) is 17.4. The lowest BCUT2D eigenvalue weighted by Gasteiger charge is -2.43. The van der Waals surface area contributed by atoms with Crippen molar-refractivity contribution < 1.29 is 4.79 Å². The number of anilines is 1. The number of pyridine rings is 1. The monoisotopic (exact) mass is 401 g/mol. The molecule has 5 rings (SSSR count). The standard InChI is InChI=1S/C24H27N5O/c1-17-10-21-14-28(15-22(17)29(21)23-7-6-18(11-25)12-26-23)24(30)16-27-9-8-19-4-2-3-5-20(19)13-27/h2-7,12,17,21-22H,8-10,13-16H2,1H3/t17-,21?,22?/m0/s1. The molecule has 3 atom stereocenters. The summed E-state index contributed by atoms with van der Waals surface area (Å²) in [6, 6.07) is 15.0. The molecule has 1 aromatic carbocycles. The van der Waals surface area contributed by atoms with E-state index in [9.17, 15) is 4.79 Å². The van der Waals surface area contributed by atoms with Gasteiger partial charge < -0.3 is 9.80 Å². The van der Waals surface area contributed by atoms with E-state index in [1.54, 1.807) is 6.20 Å². The number of aromatic nitrogens is 1. The third kappa shape index (κ3) is 3.44. The lowest BCUT2D eigenvalue weighted by atomic mass is 10.00. The average molecular weight is 402 g/mol. The highest BCUT2D eigenvalue weighted by atomic mass is 16.2. The normalized spacial score (nSPS) is 25.7. The van der Waals surface area contributed by atoms with Crippen LogP contribution in [0.4, 0.5) is 5.82 Å². The van der Waals surface area contributed by atoms with Crippen LogP contribution in [0.25, 0.3) is 0 Å². The van der Waals surface area contributed by atoms with Crippen LogP contribution in [0.1, 0.15) is 30.0 Å². The van der Waals surface area contributed by atoms with Gasteiger partial charge in [-0.3, -0.25) is 9.69 Å². The number of piperazine rings is 1. The van der Waals surface area contributed by atoms with Gasteiger partial charge in [0.2, 0.25) is 5.91 Å². The fourth-order valence-electron chi connectivity index (χ4n) is 5.38. The first-order chi connectivity index (χ1) is 14.6. The number of benzene rings is 1. The minimum atomic E-state index is 0.242. The Kier molecular flexibility index (Phi) is 4.92. The average Bonchev–Trinajstić information content (AvgIpc) is 2.97. The molecule has 0 radical (unpaired) electrons. The molecule has 6 nitrogen and oxygen atoms in total. The van der Waals surface area contributed by atoms with Gasteiger partial charge in [0.1, 0.15) is 11.9 Å². The van der Waals surface area contributed by atoms with E-state index in [0.717, 1.165) is 44.8 Å². The molecule has 2 fully saturated rings. The van der Waals surface area contributed by atoms with Crippen LogP contribution >= 0.6 is 0 Å². The number of likely N-dealkylation sites (tertiary alicyclic amines) is 1. The molecule has 154 valence electrons. The fraction of sp³-hybridized carbons (Fsp3) is 0.458. The predicted molar refractivity (Wildman–Crippen MR) is 115 cm³/mol. The van der Waals surface area contributed by atoms with E-state index < -0.39 is 0 Å². The van der Waals surface area contributed by atoms with Crippen molar-refractivity contribution in [1.82, 2.24) is 14.8 Å². The number of rotatable bonds is 3. The molecule has 2 aromatic rings. The Balaban J connectivity index is 1.26. The van der Waals surface area contributed by atoms with Crippen molar-refractivity contribution in [2.24, 2.45) is 5.92 Å². The summed E-state index contributed by atoms with van der Waals surface area (Å²) in [5.41, 5.74) is 3.34. The minimum Gasteiger partial charge on any atom is -0.347 e. The van der Waals surface area contributed by atoms with Gasteiger partial charge in [-0.15, -0.1) is 0 Å². The van der Waals surface area contributed by atoms with Gasteiger partial charge in [0, 0.05) is 38.4 Å². The van der Waals surface area contributed by atoms with E-state index in [-0.39, 0.29) is 11.9 Å². The van der Waals surface area contributed by atoms with E-state index in [1.807, 2.05) is 12.1 Å². The van der Waals surface area contributed by atoms with Crippen LogP contribution in [0.5, 0.6) is 0 Å². The molecule has 1 aromatic heterocycles. The lowest BCUT2D eigenvalue weighted by Crippen LogP contribution is -2.58. The maximum atomic E-state index is 13.1. The number of nitriles is 1. The van der Waals surface area contributed by atoms with E-state index in [1.165, 1.54) is 11.1 Å². The van der Waals surface area contributed by atoms with Crippen LogP contribution in [-0.2, 0) is 17.8 Å². The molecule has 1 amide bonds. The smallest absolute Gasteiger partial charge is 0.236 e. The summed E-state index contributed by atoms with van der Waals surface area (Å²) in [4.78, 5) is 24.4. The number of hydrogen-bond donors (Lipinski definition) is 0. The quantitative estimate of drug-likeness (QED) is 0.791. The third-order valence-corrected chi connectivity index (χ3v) is 6.95. The maximum absolute atomic E-state index is 13.1. The molecule has 2 bridgehead atoms. The zero-order chi connectivity index (χ0) is 20.7. The molecule has 0 spiro atoms. The molecular weight excluding hydrogens is 374 g/mol. The zero-order valence-electron chi connectivity index (χ0n) is 17.4. The summed E-state index contributed by atoms with van der Waals surface area (Å²) in [5.74, 6) is 1.69. The molecule has 3 aliphatic heterocycles. The van der Waals surface area contributed by atoms with E-state index in [0.29, 0.717) is 24.1 Å². The van der Waals surface area contributed by atoms with Crippen molar-refractivity contribution in [2.75, 3.05) is 31.1 Å². The SMILES string of the molecule is C[C@H]1CC2CN(C(=O)CN3CCc4ccccc4C3)CC1N2c1ccc(C#N)cn1. The summed E-state index contributed by atoms with van der Waals surface area (Å²) in [5, 5.41) is 9.03. The molecule has 30 heavy (non-hydrogen) atoms. The fourth-order valence-corrected chi connectivity index (χ4v) is 5.38. The second-order valence-electron chi connectivity index (χ2n) is 8.89.